The molecule has 1 heterocycles. The third-order valence-electron chi connectivity index (χ3n) is 4.24. The van der Waals surface area contributed by atoms with Crippen molar-refractivity contribution in [3.05, 3.63) is 40.4 Å². The number of unbranched alkanes of at least 4 members (excludes halogenated alkanes) is 1. The standard InChI is InChI=1S/C20H21N3O4S/c1-3-4-9-27-17(24)12-28-20-15(11-22)18(14(10-21)19(25)23-20)13-7-5-6-8-16(13)26-2/h5-8,14,18H,3-4,9,12H2,1-2H3,(H,23,25)/t14-,18-/m1/s1. The first-order valence-corrected chi connectivity index (χ1v) is 9.82. The number of rotatable bonds is 8. The molecular weight excluding hydrogens is 378 g/mol. The van der Waals surface area contributed by atoms with E-state index in [0.717, 1.165) is 24.6 Å². The molecule has 2 atom stereocenters. The highest BCUT2D eigenvalue weighted by Gasteiger charge is 2.40. The van der Waals surface area contributed by atoms with Crippen molar-refractivity contribution in [1.29, 1.82) is 10.5 Å². The van der Waals surface area contributed by atoms with Gasteiger partial charge in [-0.1, -0.05) is 43.3 Å². The fourth-order valence-corrected chi connectivity index (χ4v) is 3.69. The minimum Gasteiger partial charge on any atom is -0.496 e. The van der Waals surface area contributed by atoms with Gasteiger partial charge in [0.15, 0.2) is 0 Å². The van der Waals surface area contributed by atoms with Crippen molar-refractivity contribution in [2.24, 2.45) is 5.92 Å². The molecule has 1 aliphatic rings. The number of amides is 1. The van der Waals surface area contributed by atoms with Crippen LogP contribution in [0.25, 0.3) is 0 Å². The lowest BCUT2D eigenvalue weighted by Gasteiger charge is -2.29. The summed E-state index contributed by atoms with van der Waals surface area (Å²) in [4.78, 5) is 24.4. The highest BCUT2D eigenvalue weighted by atomic mass is 32.2. The Labute approximate surface area is 168 Å². The normalized spacial score (nSPS) is 18.6. The molecule has 146 valence electrons. The van der Waals surface area contributed by atoms with E-state index < -0.39 is 23.7 Å². The van der Waals surface area contributed by atoms with Crippen molar-refractivity contribution in [3.63, 3.8) is 0 Å². The second-order valence-electron chi connectivity index (χ2n) is 6.03. The van der Waals surface area contributed by atoms with Crippen molar-refractivity contribution < 1.29 is 19.1 Å². The first-order valence-electron chi connectivity index (χ1n) is 8.83. The maximum absolute atomic E-state index is 12.5. The van der Waals surface area contributed by atoms with E-state index >= 15 is 0 Å². The highest BCUT2D eigenvalue weighted by Crippen LogP contribution is 2.42. The van der Waals surface area contributed by atoms with Gasteiger partial charge in [-0.05, 0) is 12.5 Å². The van der Waals surface area contributed by atoms with Crippen LogP contribution in [-0.4, -0.2) is 31.3 Å². The second-order valence-corrected chi connectivity index (χ2v) is 7.02. The Morgan fingerprint density at radius 2 is 2.07 bits per heavy atom. The summed E-state index contributed by atoms with van der Waals surface area (Å²) in [6.07, 6.45) is 1.69. The molecular formula is C20H21N3O4S. The summed E-state index contributed by atoms with van der Waals surface area (Å²) in [5.41, 5.74) is 0.800. The lowest BCUT2D eigenvalue weighted by Crippen LogP contribution is -2.39. The van der Waals surface area contributed by atoms with Crippen LogP contribution in [0.4, 0.5) is 0 Å². The van der Waals surface area contributed by atoms with E-state index in [1.54, 1.807) is 24.3 Å². The number of carbonyl (C=O) groups excluding carboxylic acids is 2. The molecule has 0 aliphatic carbocycles. The zero-order valence-electron chi connectivity index (χ0n) is 15.7. The molecule has 8 heteroatoms. The van der Waals surface area contributed by atoms with Crippen molar-refractivity contribution in [3.8, 4) is 17.9 Å². The topological polar surface area (TPSA) is 112 Å². The van der Waals surface area contributed by atoms with E-state index in [0.29, 0.717) is 17.9 Å². The van der Waals surface area contributed by atoms with Crippen LogP contribution in [0.2, 0.25) is 0 Å². The number of esters is 1. The summed E-state index contributed by atoms with van der Waals surface area (Å²) >= 11 is 1.02. The molecule has 1 amide bonds. The van der Waals surface area contributed by atoms with Gasteiger partial charge in [0.1, 0.15) is 11.7 Å². The first kappa shape index (κ1) is 21.3. The number of nitrogens with one attached hydrogen (secondary N) is 1. The zero-order valence-corrected chi connectivity index (χ0v) is 16.5. The lowest BCUT2D eigenvalue weighted by atomic mass is 9.79. The van der Waals surface area contributed by atoms with Crippen LogP contribution in [0.5, 0.6) is 5.75 Å². The van der Waals surface area contributed by atoms with Gasteiger partial charge in [-0.25, -0.2) is 0 Å². The van der Waals surface area contributed by atoms with Gasteiger partial charge in [0.2, 0.25) is 5.91 Å². The Balaban J connectivity index is 2.34. The van der Waals surface area contributed by atoms with Crippen LogP contribution in [-0.2, 0) is 14.3 Å². The van der Waals surface area contributed by atoms with Crippen LogP contribution in [0.3, 0.4) is 0 Å². The predicted molar refractivity (Wildman–Crippen MR) is 104 cm³/mol. The summed E-state index contributed by atoms with van der Waals surface area (Å²) < 4.78 is 10.5. The smallest absolute Gasteiger partial charge is 0.316 e. The summed E-state index contributed by atoms with van der Waals surface area (Å²) in [6, 6.07) is 11.0. The molecule has 0 aromatic heterocycles. The molecule has 7 nitrogen and oxygen atoms in total. The number of ether oxygens (including phenoxy) is 2. The predicted octanol–water partition coefficient (Wildman–Crippen LogP) is 2.86. The number of allylic oxidation sites excluding steroid dienone is 1. The molecule has 0 radical (unpaired) electrons. The number of para-hydroxylation sites is 1. The van der Waals surface area contributed by atoms with Crippen molar-refractivity contribution >= 4 is 23.6 Å². The Morgan fingerprint density at radius 1 is 1.32 bits per heavy atom. The molecule has 2 rings (SSSR count). The number of hydrogen-bond donors (Lipinski definition) is 1. The summed E-state index contributed by atoms with van der Waals surface area (Å²) in [5.74, 6) is -2.35. The molecule has 0 spiro atoms. The van der Waals surface area contributed by atoms with E-state index in [-0.39, 0.29) is 16.4 Å². The molecule has 1 aromatic rings. The van der Waals surface area contributed by atoms with Crippen LogP contribution in [0, 0.1) is 28.6 Å². The number of methoxy groups -OCH3 is 1. The molecule has 28 heavy (non-hydrogen) atoms. The summed E-state index contributed by atoms with van der Waals surface area (Å²) in [5, 5.41) is 22.1. The van der Waals surface area contributed by atoms with Crippen LogP contribution in [0.1, 0.15) is 31.2 Å². The number of thioether (sulfide) groups is 1. The molecule has 1 aliphatic heterocycles. The van der Waals surface area contributed by atoms with Crippen molar-refractivity contribution in [2.75, 3.05) is 19.5 Å². The van der Waals surface area contributed by atoms with E-state index in [1.807, 2.05) is 13.0 Å². The fourth-order valence-electron chi connectivity index (χ4n) is 2.85. The van der Waals surface area contributed by atoms with Gasteiger partial charge in [-0.15, -0.1) is 0 Å². The van der Waals surface area contributed by atoms with E-state index in [1.165, 1.54) is 7.11 Å². The number of nitrogens with zero attached hydrogens (tertiary/aromatic N) is 2. The van der Waals surface area contributed by atoms with E-state index in [4.69, 9.17) is 9.47 Å². The third-order valence-corrected chi connectivity index (χ3v) is 5.23. The lowest BCUT2D eigenvalue weighted by molar-refractivity contribution is -0.140. The van der Waals surface area contributed by atoms with Gasteiger partial charge in [0, 0.05) is 5.56 Å². The highest BCUT2D eigenvalue weighted by molar-refractivity contribution is 8.03. The van der Waals surface area contributed by atoms with Crippen molar-refractivity contribution in [1.82, 2.24) is 5.32 Å². The Hall–Kier alpha value is -2.97. The average molecular weight is 399 g/mol. The average Bonchev–Trinajstić information content (AvgIpc) is 2.71. The van der Waals surface area contributed by atoms with Gasteiger partial charge < -0.3 is 14.8 Å². The Kier molecular flexibility index (Phi) is 7.91. The Bertz CT molecular complexity index is 854. The van der Waals surface area contributed by atoms with E-state index in [9.17, 15) is 20.1 Å². The maximum Gasteiger partial charge on any atom is 0.316 e. The quantitative estimate of drug-likeness (QED) is 0.528. The minimum atomic E-state index is -1.08. The van der Waals surface area contributed by atoms with Crippen LogP contribution >= 0.6 is 11.8 Å². The molecule has 0 unspecified atom stereocenters. The molecule has 1 aromatic carbocycles. The van der Waals surface area contributed by atoms with Gasteiger partial charge in [0.25, 0.3) is 0 Å². The summed E-state index contributed by atoms with van der Waals surface area (Å²) in [7, 11) is 1.49. The third kappa shape index (κ3) is 4.85. The number of carbonyl (C=O) groups is 2. The van der Waals surface area contributed by atoms with Gasteiger partial charge in [-0.3, -0.25) is 9.59 Å². The van der Waals surface area contributed by atoms with Gasteiger partial charge in [-0.2, -0.15) is 10.5 Å². The monoisotopic (exact) mass is 399 g/mol. The number of benzene rings is 1. The number of nitriles is 2. The summed E-state index contributed by atoms with van der Waals surface area (Å²) in [6.45, 7) is 2.33. The Morgan fingerprint density at radius 3 is 2.71 bits per heavy atom. The fraction of sp³-hybridized carbons (Fsp3) is 0.400. The van der Waals surface area contributed by atoms with Crippen LogP contribution in [0.15, 0.2) is 34.9 Å². The van der Waals surface area contributed by atoms with E-state index in [2.05, 4.69) is 11.4 Å². The number of hydrogen-bond acceptors (Lipinski definition) is 7. The molecule has 0 bridgehead atoms. The molecule has 0 saturated heterocycles. The van der Waals surface area contributed by atoms with Crippen molar-refractivity contribution in [2.45, 2.75) is 25.7 Å². The zero-order chi connectivity index (χ0) is 20.5. The minimum absolute atomic E-state index is 0.0413. The molecule has 0 saturated carbocycles. The maximum atomic E-state index is 12.5. The van der Waals surface area contributed by atoms with Crippen LogP contribution < -0.4 is 10.1 Å². The first-order chi connectivity index (χ1) is 13.6. The van der Waals surface area contributed by atoms with Gasteiger partial charge >= 0.3 is 5.97 Å². The largest absolute Gasteiger partial charge is 0.496 e. The second kappa shape index (κ2) is 10.4. The SMILES string of the molecule is CCCCOC(=O)CSC1=C(C#N)[C@H](c2ccccc2OC)[C@@H](C#N)C(=O)N1. The molecule has 1 N–H and O–H groups in total. The molecule has 0 fully saturated rings. The van der Waals surface area contributed by atoms with Gasteiger partial charge in [0.05, 0.1) is 48.1 Å².